The molecule has 38 heavy (non-hydrogen) atoms. The SMILES string of the molecule is COCc1ncc(C2(O)CCC(N3CCC(NC(=O)CCC(N=O)c4cccc(C(F)(F)F)c4)C3)CC2)s1. The van der Waals surface area contributed by atoms with Crippen LogP contribution >= 0.6 is 11.3 Å². The number of aliphatic hydroxyl groups is 1. The number of aromatic nitrogens is 1. The summed E-state index contributed by atoms with van der Waals surface area (Å²) in [6, 6.07) is 3.80. The highest BCUT2D eigenvalue weighted by molar-refractivity contribution is 7.11. The van der Waals surface area contributed by atoms with Gasteiger partial charge in [0, 0.05) is 44.9 Å². The molecule has 2 atom stereocenters. The number of nitroso groups, excluding NO2 is 1. The fraction of sp³-hybridized carbons (Fsp3) is 0.615. The zero-order chi connectivity index (χ0) is 27.3. The third kappa shape index (κ3) is 6.96. The standard InChI is InChI=1S/C26H33F3N4O4S/c1-37-16-24-30-14-22(38-24)25(35)10-7-20(8-11-25)33-12-9-19(15-33)31-23(34)6-5-21(32-36)17-3-2-4-18(13-17)26(27,28)29/h2-4,13-14,19-21,35H,5-12,15-16H2,1H3,(H,31,34). The van der Waals surface area contributed by atoms with E-state index in [9.17, 15) is 28.0 Å². The highest BCUT2D eigenvalue weighted by Crippen LogP contribution is 2.41. The number of thiazole rings is 1. The van der Waals surface area contributed by atoms with Gasteiger partial charge in [-0.05, 0) is 56.2 Å². The van der Waals surface area contributed by atoms with Crippen molar-refractivity contribution in [1.82, 2.24) is 15.2 Å². The van der Waals surface area contributed by atoms with Crippen molar-refractivity contribution >= 4 is 17.2 Å². The first-order valence-electron chi connectivity index (χ1n) is 12.8. The van der Waals surface area contributed by atoms with Crippen LogP contribution in [-0.2, 0) is 27.9 Å². The summed E-state index contributed by atoms with van der Waals surface area (Å²) in [4.78, 5) is 31.4. The van der Waals surface area contributed by atoms with Crippen LogP contribution in [0.15, 0.2) is 35.6 Å². The number of amides is 1. The summed E-state index contributed by atoms with van der Waals surface area (Å²) in [6.07, 6.45) is 1.06. The predicted molar refractivity (Wildman–Crippen MR) is 136 cm³/mol. The number of rotatable bonds is 10. The van der Waals surface area contributed by atoms with Crippen LogP contribution < -0.4 is 5.32 Å². The number of benzene rings is 1. The number of likely N-dealkylation sites (tertiary alicyclic amines) is 1. The summed E-state index contributed by atoms with van der Waals surface area (Å²) in [5.74, 6) is -0.243. The molecule has 1 aliphatic heterocycles. The molecule has 1 aliphatic carbocycles. The van der Waals surface area contributed by atoms with Gasteiger partial charge in [-0.1, -0.05) is 17.3 Å². The molecule has 0 bridgehead atoms. The molecule has 2 aromatic rings. The van der Waals surface area contributed by atoms with E-state index in [-0.39, 0.29) is 30.4 Å². The molecular weight excluding hydrogens is 521 g/mol. The molecule has 1 aromatic heterocycles. The van der Waals surface area contributed by atoms with Crippen LogP contribution in [0.4, 0.5) is 13.2 Å². The van der Waals surface area contributed by atoms with Gasteiger partial charge in [0.15, 0.2) is 0 Å². The van der Waals surface area contributed by atoms with E-state index in [0.717, 1.165) is 47.8 Å². The molecular formula is C26H33F3N4O4S. The molecule has 2 aliphatic rings. The molecule has 0 spiro atoms. The second-order valence-corrected chi connectivity index (χ2v) is 11.3. The Morgan fingerprint density at radius 3 is 2.79 bits per heavy atom. The normalized spacial score (nSPS) is 25.3. The molecule has 2 fully saturated rings. The Morgan fingerprint density at radius 1 is 1.34 bits per heavy atom. The lowest BCUT2D eigenvalue weighted by Crippen LogP contribution is -2.43. The average Bonchev–Trinajstić information content (AvgIpc) is 3.55. The van der Waals surface area contributed by atoms with E-state index in [1.165, 1.54) is 23.5 Å². The van der Waals surface area contributed by atoms with Crippen LogP contribution in [0, 0.1) is 4.91 Å². The van der Waals surface area contributed by atoms with E-state index in [1.54, 1.807) is 13.3 Å². The molecule has 2 N–H and O–H groups in total. The summed E-state index contributed by atoms with van der Waals surface area (Å²) >= 11 is 1.49. The predicted octanol–water partition coefficient (Wildman–Crippen LogP) is 4.92. The lowest BCUT2D eigenvalue weighted by atomic mass is 9.81. The van der Waals surface area contributed by atoms with Gasteiger partial charge < -0.3 is 15.2 Å². The molecule has 2 unspecified atom stereocenters. The number of halogens is 3. The Morgan fingerprint density at radius 2 is 2.11 bits per heavy atom. The highest BCUT2D eigenvalue weighted by Gasteiger charge is 2.40. The van der Waals surface area contributed by atoms with Crippen LogP contribution in [0.3, 0.4) is 0 Å². The number of methoxy groups -OCH3 is 1. The maximum Gasteiger partial charge on any atom is 0.416 e. The van der Waals surface area contributed by atoms with Gasteiger partial charge in [0.1, 0.15) is 16.7 Å². The lowest BCUT2D eigenvalue weighted by molar-refractivity contribution is -0.137. The Labute approximate surface area is 223 Å². The van der Waals surface area contributed by atoms with E-state index in [0.29, 0.717) is 32.0 Å². The van der Waals surface area contributed by atoms with Crippen molar-refractivity contribution in [3.8, 4) is 0 Å². The number of ether oxygens (including phenoxy) is 1. The molecule has 8 nitrogen and oxygen atoms in total. The van der Waals surface area contributed by atoms with Crippen LogP contribution in [0.2, 0.25) is 0 Å². The van der Waals surface area contributed by atoms with Crippen LogP contribution in [0.25, 0.3) is 0 Å². The molecule has 1 aromatic carbocycles. The molecule has 4 rings (SSSR count). The number of carbonyl (C=O) groups excluding carboxylic acids is 1. The van der Waals surface area contributed by atoms with Gasteiger partial charge >= 0.3 is 6.18 Å². The maximum absolute atomic E-state index is 13.0. The largest absolute Gasteiger partial charge is 0.416 e. The topological polar surface area (TPSA) is 104 Å². The van der Waals surface area contributed by atoms with Crippen molar-refractivity contribution in [3.63, 3.8) is 0 Å². The first kappa shape index (κ1) is 28.6. The third-order valence-electron chi connectivity index (χ3n) is 7.53. The Hall–Kier alpha value is -2.41. The van der Waals surface area contributed by atoms with Crippen LogP contribution in [0.1, 0.15) is 72.0 Å². The van der Waals surface area contributed by atoms with Gasteiger partial charge in [-0.25, -0.2) is 4.98 Å². The zero-order valence-corrected chi connectivity index (χ0v) is 22.1. The summed E-state index contributed by atoms with van der Waals surface area (Å²) in [7, 11) is 1.62. The minimum Gasteiger partial charge on any atom is -0.384 e. The van der Waals surface area contributed by atoms with Crippen molar-refractivity contribution in [2.45, 2.75) is 81.5 Å². The van der Waals surface area contributed by atoms with Gasteiger partial charge in [0.05, 0.1) is 17.0 Å². The average molecular weight is 555 g/mol. The van der Waals surface area contributed by atoms with Crippen LogP contribution in [0.5, 0.6) is 0 Å². The Kier molecular flexibility index (Phi) is 9.17. The number of hydrogen-bond donors (Lipinski definition) is 2. The van der Waals surface area contributed by atoms with Gasteiger partial charge in [-0.15, -0.1) is 11.3 Å². The minimum absolute atomic E-state index is 0.000474. The molecule has 0 radical (unpaired) electrons. The summed E-state index contributed by atoms with van der Waals surface area (Å²) in [5, 5.41) is 18.0. The summed E-state index contributed by atoms with van der Waals surface area (Å²) in [6.45, 7) is 1.98. The summed E-state index contributed by atoms with van der Waals surface area (Å²) in [5.41, 5.74) is -1.56. The summed E-state index contributed by atoms with van der Waals surface area (Å²) < 4.78 is 44.1. The molecule has 12 heteroatoms. The second kappa shape index (κ2) is 12.2. The van der Waals surface area contributed by atoms with E-state index in [2.05, 4.69) is 20.4 Å². The van der Waals surface area contributed by atoms with Crippen molar-refractivity contribution < 1.29 is 27.8 Å². The van der Waals surface area contributed by atoms with E-state index < -0.39 is 23.4 Å². The van der Waals surface area contributed by atoms with Crippen LogP contribution in [-0.4, -0.2) is 53.2 Å². The van der Waals surface area contributed by atoms with Gasteiger partial charge in [-0.3, -0.25) is 9.69 Å². The fourth-order valence-electron chi connectivity index (χ4n) is 5.41. The fourth-order valence-corrected chi connectivity index (χ4v) is 6.45. The first-order chi connectivity index (χ1) is 18.1. The van der Waals surface area contributed by atoms with Gasteiger partial charge in [0.25, 0.3) is 0 Å². The second-order valence-electron chi connectivity index (χ2n) is 10.1. The van der Waals surface area contributed by atoms with E-state index in [4.69, 9.17) is 4.74 Å². The van der Waals surface area contributed by atoms with Crippen molar-refractivity contribution in [2.24, 2.45) is 5.18 Å². The Balaban J connectivity index is 1.22. The highest BCUT2D eigenvalue weighted by atomic mass is 32.1. The number of hydrogen-bond acceptors (Lipinski definition) is 8. The van der Waals surface area contributed by atoms with Gasteiger partial charge in [0.2, 0.25) is 5.91 Å². The molecule has 2 heterocycles. The number of nitrogens with one attached hydrogen (secondary N) is 1. The molecule has 1 saturated carbocycles. The third-order valence-corrected chi connectivity index (χ3v) is 8.70. The van der Waals surface area contributed by atoms with E-state index >= 15 is 0 Å². The number of nitrogens with zero attached hydrogens (tertiary/aromatic N) is 3. The minimum atomic E-state index is -4.51. The maximum atomic E-state index is 13.0. The Bertz CT molecular complexity index is 1100. The van der Waals surface area contributed by atoms with Crippen molar-refractivity contribution in [1.29, 1.82) is 0 Å². The van der Waals surface area contributed by atoms with E-state index in [1.807, 2.05) is 0 Å². The quantitative estimate of drug-likeness (QED) is 0.404. The number of alkyl halides is 3. The smallest absolute Gasteiger partial charge is 0.384 e. The monoisotopic (exact) mass is 554 g/mol. The number of carbonyl (C=O) groups is 1. The lowest BCUT2D eigenvalue weighted by Gasteiger charge is -2.39. The van der Waals surface area contributed by atoms with Crippen molar-refractivity contribution in [2.75, 3.05) is 20.2 Å². The van der Waals surface area contributed by atoms with Gasteiger partial charge in [-0.2, -0.15) is 18.1 Å². The zero-order valence-electron chi connectivity index (χ0n) is 21.2. The first-order valence-corrected chi connectivity index (χ1v) is 13.6. The molecule has 208 valence electrons. The van der Waals surface area contributed by atoms with Crippen molar-refractivity contribution in [3.05, 3.63) is 56.4 Å². The molecule has 1 saturated heterocycles. The molecule has 1 amide bonds.